The molecule has 1 aliphatic heterocycles. The molecule has 0 radical (unpaired) electrons. The molecule has 0 amide bonds. The molecule has 0 fully saturated rings. The van der Waals surface area contributed by atoms with Crippen LogP contribution < -0.4 is 10.4 Å². The molecule has 0 unspecified atom stereocenters. The van der Waals surface area contributed by atoms with E-state index in [0.717, 1.165) is 0 Å². The van der Waals surface area contributed by atoms with Gasteiger partial charge in [0, 0.05) is 0 Å². The average molecular weight is 724 g/mol. The van der Waals surface area contributed by atoms with Crippen molar-refractivity contribution < 1.29 is 0 Å². The summed E-state index contributed by atoms with van der Waals surface area (Å²) >= 11 is -3.20. The molecule has 0 aliphatic carbocycles. The van der Waals surface area contributed by atoms with E-state index < -0.39 is 34.5 Å². The fourth-order valence-electron chi connectivity index (χ4n) is 8.14. The minimum absolute atomic E-state index is 1.32. The van der Waals surface area contributed by atoms with Gasteiger partial charge in [0.25, 0.3) is 0 Å². The van der Waals surface area contributed by atoms with Gasteiger partial charge in [0.2, 0.25) is 0 Å². The Labute approximate surface area is 274 Å². The third-order valence-electron chi connectivity index (χ3n) is 9.18. The van der Waals surface area contributed by atoms with Crippen molar-refractivity contribution in [2.75, 3.05) is 0 Å². The van der Waals surface area contributed by atoms with Crippen molar-refractivity contribution in [3.63, 3.8) is 0 Å². The number of rotatable bonds is 6. The maximum atomic E-state index is 2.97. The zero-order valence-corrected chi connectivity index (χ0v) is 32.5. The molecule has 0 atom stereocenters. The fraction of sp³-hybridized carbons (Fsp3) is 0.190. The van der Waals surface area contributed by atoms with E-state index in [4.69, 9.17) is 0 Å². The topological polar surface area (TPSA) is 0 Å². The molecule has 0 aromatic heterocycles. The Morgan fingerprint density at radius 1 is 0.444 bits per heavy atom. The minimum atomic E-state index is -3.20. The normalized spacial score (nSPS) is 14.3. The van der Waals surface area contributed by atoms with Crippen molar-refractivity contribution >= 4 is 64.3 Å². The van der Waals surface area contributed by atoms with E-state index in [1.807, 2.05) is 0 Å². The van der Waals surface area contributed by atoms with Crippen LogP contribution >= 0.6 is 0 Å². The number of benzene rings is 6. The molecule has 45 heavy (non-hydrogen) atoms. The van der Waals surface area contributed by atoms with Gasteiger partial charge >= 0.3 is 276 Å². The van der Waals surface area contributed by atoms with Gasteiger partial charge in [-0.25, -0.2) is 0 Å². The Kier molecular flexibility index (Phi) is 7.82. The van der Waals surface area contributed by atoms with Gasteiger partial charge in [-0.3, -0.25) is 0 Å². The zero-order valence-electron chi connectivity index (χ0n) is 27.6. The average Bonchev–Trinajstić information content (AvgIpc) is 3.14. The maximum absolute atomic E-state index is 3.20. The van der Waals surface area contributed by atoms with Crippen molar-refractivity contribution in [3.05, 3.63) is 142 Å². The summed E-state index contributed by atoms with van der Waals surface area (Å²) < 4.78 is 8.82. The van der Waals surface area contributed by atoms with Crippen LogP contribution in [0.5, 0.6) is 0 Å². The number of hydrogen-bond donors (Lipinski definition) is 0. The van der Waals surface area contributed by atoms with Gasteiger partial charge in [-0.2, -0.15) is 0 Å². The van der Waals surface area contributed by atoms with Gasteiger partial charge in [0.05, 0.1) is 0 Å². The Bertz CT molecular complexity index is 2110. The first-order chi connectivity index (χ1) is 21.5. The summed E-state index contributed by atoms with van der Waals surface area (Å²) in [4.78, 5) is 0. The molecule has 6 aromatic carbocycles. The second kappa shape index (κ2) is 11.6. The van der Waals surface area contributed by atoms with E-state index in [-0.39, 0.29) is 0 Å². The van der Waals surface area contributed by atoms with Crippen LogP contribution in [0, 0.1) is 10.4 Å². The Morgan fingerprint density at radius 3 is 1.18 bits per heavy atom. The van der Waals surface area contributed by atoms with Gasteiger partial charge in [0.1, 0.15) is 0 Å². The molecule has 0 spiro atoms. The van der Waals surface area contributed by atoms with Crippen molar-refractivity contribution in [1.82, 2.24) is 0 Å². The second-order valence-corrected chi connectivity index (χ2v) is 41.3. The van der Waals surface area contributed by atoms with Gasteiger partial charge < -0.3 is 0 Å². The van der Waals surface area contributed by atoms with Gasteiger partial charge in [-0.05, 0) is 0 Å². The molecule has 1 heterocycles. The van der Waals surface area contributed by atoms with Gasteiger partial charge in [-0.1, -0.05) is 0 Å². The van der Waals surface area contributed by atoms with Crippen molar-refractivity contribution in [2.45, 2.75) is 47.4 Å². The van der Waals surface area contributed by atoms with Gasteiger partial charge in [-0.15, -0.1) is 0 Å². The summed E-state index contributed by atoms with van der Waals surface area (Å²) in [6, 6.07) is 45.7. The molecule has 0 saturated heterocycles. The second-order valence-electron chi connectivity index (χ2n) is 15.6. The van der Waals surface area contributed by atoms with Crippen LogP contribution in [-0.2, 0) is 0 Å². The molecule has 1 aliphatic rings. The quantitative estimate of drug-likeness (QED) is 0.150. The van der Waals surface area contributed by atoms with Gasteiger partial charge in [0.15, 0.2) is 0 Å². The molecule has 224 valence electrons. The fourth-order valence-corrected chi connectivity index (χ4v) is 58.7. The standard InChI is InChI=1S/C34H22.2C4H11Si.Sn/c1-23-31(25-13-5-3-6-14-25)21-27-17-9-11-19-29(27)33(23)34-24(2)32(26-15-7-4-8-16-26)22-28-18-10-12-20-30(28)34;2*1-5(2,3)4;/h1-22H;2*1H2,2-4H3;. The van der Waals surface area contributed by atoms with E-state index in [1.54, 1.807) is 0 Å². The molecular weight excluding hydrogens is 679 g/mol. The summed E-state index contributed by atoms with van der Waals surface area (Å²) in [6.45, 7) is 15.7. The SMILES string of the molecule is C[Si](C)(C)[CH2][Sn]1([CH2][Si](C)(C)C)[CH]=c2c(-c3ccccc3)cc3ccccc3c2=c2c(c(-c3ccccc3)cc3ccccc23)=[CH]1. The summed E-state index contributed by atoms with van der Waals surface area (Å²) in [6.07, 6.45) is 0. The predicted molar refractivity (Wildman–Crippen MR) is 207 cm³/mol. The first kappa shape index (κ1) is 30.5. The van der Waals surface area contributed by atoms with Crippen LogP contribution in [0.3, 0.4) is 0 Å². The summed E-state index contributed by atoms with van der Waals surface area (Å²) in [7, 11) is -2.86. The zero-order chi connectivity index (χ0) is 31.4. The van der Waals surface area contributed by atoms with E-state index in [2.05, 4.69) is 169 Å². The molecule has 0 nitrogen and oxygen atoms in total. The Balaban J connectivity index is 1.87. The molecule has 0 saturated carbocycles. The Hall–Kier alpha value is -3.19. The van der Waals surface area contributed by atoms with Crippen LogP contribution in [0.15, 0.2) is 121 Å². The first-order valence-corrected chi connectivity index (χ1v) is 31.2. The van der Waals surface area contributed by atoms with E-state index in [1.165, 1.54) is 72.8 Å². The van der Waals surface area contributed by atoms with Crippen LogP contribution in [0.1, 0.15) is 0 Å². The summed E-state index contributed by atoms with van der Waals surface area (Å²) in [5, 5.41) is 11.3. The summed E-state index contributed by atoms with van der Waals surface area (Å²) in [5.41, 5.74) is 5.44. The molecule has 6 aromatic rings. The third-order valence-corrected chi connectivity index (χ3v) is 47.0. The van der Waals surface area contributed by atoms with Crippen molar-refractivity contribution in [2.24, 2.45) is 0 Å². The van der Waals surface area contributed by atoms with Crippen LogP contribution in [0.25, 0.3) is 52.0 Å². The monoisotopic (exact) mass is 724 g/mol. The molecule has 0 N–H and O–H groups in total. The van der Waals surface area contributed by atoms with E-state index >= 15 is 0 Å². The van der Waals surface area contributed by atoms with Crippen LogP contribution in [-0.4, -0.2) is 34.5 Å². The van der Waals surface area contributed by atoms with Crippen molar-refractivity contribution in [1.29, 1.82) is 0 Å². The molecule has 3 heteroatoms. The molecule has 7 rings (SSSR count). The first-order valence-electron chi connectivity index (χ1n) is 16.4. The third kappa shape index (κ3) is 6.05. The predicted octanol–water partition coefficient (Wildman–Crippen LogP) is 10.5. The number of fused-ring (bicyclic) bond motifs is 6. The summed E-state index contributed by atoms with van der Waals surface area (Å²) in [5.74, 6) is 0. The molecular formula is C42H44Si2Sn. The van der Waals surface area contributed by atoms with Crippen LogP contribution in [0.2, 0.25) is 47.4 Å². The van der Waals surface area contributed by atoms with E-state index in [9.17, 15) is 0 Å². The van der Waals surface area contributed by atoms with Crippen molar-refractivity contribution in [3.8, 4) is 22.3 Å². The molecule has 0 bridgehead atoms. The van der Waals surface area contributed by atoms with Crippen LogP contribution in [0.4, 0.5) is 0 Å². The number of hydrogen-bond acceptors (Lipinski definition) is 0. The van der Waals surface area contributed by atoms with E-state index in [0.29, 0.717) is 0 Å². The Morgan fingerprint density at radius 2 is 0.800 bits per heavy atom.